The number of nitrogens with zero attached hydrogens (tertiary/aromatic N) is 1. The Morgan fingerprint density at radius 2 is 1.83 bits per heavy atom. The second-order valence-corrected chi connectivity index (χ2v) is 6.34. The molecule has 0 unspecified atom stereocenters. The Morgan fingerprint density at radius 1 is 1.12 bits per heavy atom. The smallest absolute Gasteiger partial charge is 0.336 e. The maximum Gasteiger partial charge on any atom is 0.336 e. The third-order valence-corrected chi connectivity index (χ3v) is 3.87. The highest BCUT2D eigenvalue weighted by Crippen LogP contribution is 2.34. The van der Waals surface area contributed by atoms with Crippen molar-refractivity contribution < 1.29 is 14.5 Å². The van der Waals surface area contributed by atoms with E-state index in [1.165, 1.54) is 12.2 Å². The van der Waals surface area contributed by atoms with E-state index in [0.717, 1.165) is 11.8 Å². The normalized spacial score (nSPS) is 11.1. The van der Waals surface area contributed by atoms with E-state index in [1.54, 1.807) is 18.2 Å². The van der Waals surface area contributed by atoms with E-state index < -0.39 is 10.9 Å². The summed E-state index contributed by atoms with van der Waals surface area (Å²) in [5, 5.41) is 10.5. The van der Waals surface area contributed by atoms with E-state index in [1.807, 2.05) is 30.3 Å². The first-order valence-electron chi connectivity index (χ1n) is 6.71. The molecule has 122 valence electrons. The van der Waals surface area contributed by atoms with Crippen molar-refractivity contribution in [2.75, 3.05) is 0 Å². The molecule has 0 aromatic heterocycles. The van der Waals surface area contributed by atoms with E-state index in [-0.39, 0.29) is 5.75 Å². The molecule has 5 nitrogen and oxygen atoms in total. The Hall–Kier alpha value is -2.25. The summed E-state index contributed by atoms with van der Waals surface area (Å²) < 4.78 is 6.51. The van der Waals surface area contributed by atoms with E-state index in [2.05, 4.69) is 31.9 Å². The lowest BCUT2D eigenvalue weighted by Gasteiger charge is -2.08. The molecule has 2 aromatic carbocycles. The van der Waals surface area contributed by atoms with Gasteiger partial charge in [-0.2, -0.15) is 0 Å². The molecule has 0 heterocycles. The van der Waals surface area contributed by atoms with E-state index in [0.29, 0.717) is 14.5 Å². The third-order valence-electron chi connectivity index (χ3n) is 2.83. The van der Waals surface area contributed by atoms with E-state index in [9.17, 15) is 14.9 Å². The molecule has 2 rings (SSSR count). The Morgan fingerprint density at radius 3 is 2.50 bits per heavy atom. The van der Waals surface area contributed by atoms with E-state index in [4.69, 9.17) is 4.74 Å². The van der Waals surface area contributed by atoms with Crippen LogP contribution in [0.25, 0.3) is 12.2 Å². The molecule has 24 heavy (non-hydrogen) atoms. The van der Waals surface area contributed by atoms with Crippen molar-refractivity contribution in [3.63, 3.8) is 0 Å². The fourth-order valence-corrected chi connectivity index (χ4v) is 3.16. The quantitative estimate of drug-likeness (QED) is 0.208. The van der Waals surface area contributed by atoms with Gasteiger partial charge in [-0.15, -0.1) is 0 Å². The summed E-state index contributed by atoms with van der Waals surface area (Å²) in [6.45, 7) is 0. The van der Waals surface area contributed by atoms with Gasteiger partial charge >= 0.3 is 5.97 Å². The molecule has 0 bridgehead atoms. The van der Waals surface area contributed by atoms with Gasteiger partial charge < -0.3 is 4.74 Å². The molecule has 0 radical (unpaired) electrons. The van der Waals surface area contributed by atoms with E-state index >= 15 is 0 Å². The molecular formula is C17H11Br2NO4. The van der Waals surface area contributed by atoms with Crippen LogP contribution < -0.4 is 4.74 Å². The van der Waals surface area contributed by atoms with Crippen molar-refractivity contribution in [3.8, 4) is 5.75 Å². The third kappa shape index (κ3) is 5.43. The second-order valence-electron chi connectivity index (χ2n) is 4.57. The Balaban J connectivity index is 2.23. The zero-order chi connectivity index (χ0) is 17.5. The summed E-state index contributed by atoms with van der Waals surface area (Å²) >= 11 is 6.59. The van der Waals surface area contributed by atoms with Gasteiger partial charge in [0.05, 0.1) is 9.40 Å². The van der Waals surface area contributed by atoms with Crippen LogP contribution in [-0.4, -0.2) is 10.9 Å². The molecule has 0 fully saturated rings. The van der Waals surface area contributed by atoms with Gasteiger partial charge in [0.25, 0.3) is 0 Å². The standard InChI is InChI=1S/C17H11Br2NO4/c18-14-10-13(8-9-20(22)23)17(15(19)11-14)24-16(21)7-6-12-4-2-1-3-5-12/h1-11H/b7-6+,9-8+. The SMILES string of the molecule is O=C(/C=C/c1ccccc1)Oc1c(Br)cc(Br)cc1/C=C/[N+](=O)[O-]. The van der Waals surface area contributed by atoms with Crippen molar-refractivity contribution in [2.45, 2.75) is 0 Å². The van der Waals surface area contributed by atoms with Gasteiger partial charge in [-0.25, -0.2) is 4.79 Å². The highest BCUT2D eigenvalue weighted by Gasteiger charge is 2.12. The molecule has 0 aliphatic carbocycles. The fourth-order valence-electron chi connectivity index (χ4n) is 1.82. The number of carbonyl (C=O) groups is 1. The molecule has 0 amide bonds. The summed E-state index contributed by atoms with van der Waals surface area (Å²) in [5.74, 6) is -0.378. The Bertz CT molecular complexity index is 817. The lowest BCUT2D eigenvalue weighted by atomic mass is 10.2. The minimum Gasteiger partial charge on any atom is -0.422 e. The van der Waals surface area contributed by atoms with Crippen LogP contribution in [0.3, 0.4) is 0 Å². The minimum absolute atomic E-state index is 0.207. The predicted octanol–water partition coefficient (Wildman–Crippen LogP) is 5.08. The summed E-state index contributed by atoms with van der Waals surface area (Å²) in [4.78, 5) is 21.9. The van der Waals surface area contributed by atoms with Crippen LogP contribution in [0.15, 0.2) is 63.7 Å². The number of carbonyl (C=O) groups excluding carboxylic acids is 1. The molecule has 0 spiro atoms. The summed E-state index contributed by atoms with van der Waals surface area (Å²) in [6.07, 6.45) is 4.97. The van der Waals surface area contributed by atoms with Crippen molar-refractivity contribution in [1.29, 1.82) is 0 Å². The van der Waals surface area contributed by atoms with Gasteiger partial charge in [-0.1, -0.05) is 46.3 Å². The number of nitro groups is 1. The van der Waals surface area contributed by atoms with Gasteiger partial charge in [-0.05, 0) is 39.7 Å². The van der Waals surface area contributed by atoms with Crippen LogP contribution in [0.4, 0.5) is 0 Å². The van der Waals surface area contributed by atoms with Gasteiger partial charge in [0, 0.05) is 22.2 Å². The molecule has 0 N–H and O–H groups in total. The summed E-state index contributed by atoms with van der Waals surface area (Å²) in [5.41, 5.74) is 1.26. The molecule has 0 saturated carbocycles. The lowest BCUT2D eigenvalue weighted by molar-refractivity contribution is -0.400. The summed E-state index contributed by atoms with van der Waals surface area (Å²) in [6, 6.07) is 12.6. The van der Waals surface area contributed by atoms with Crippen molar-refractivity contribution in [1.82, 2.24) is 0 Å². The fraction of sp³-hybridized carbons (Fsp3) is 0. The topological polar surface area (TPSA) is 69.4 Å². The number of halogens is 2. The predicted molar refractivity (Wildman–Crippen MR) is 99.0 cm³/mol. The first-order valence-corrected chi connectivity index (χ1v) is 8.30. The maximum absolute atomic E-state index is 12.0. The monoisotopic (exact) mass is 451 g/mol. The van der Waals surface area contributed by atoms with Gasteiger partial charge in [-0.3, -0.25) is 10.1 Å². The molecule has 7 heteroatoms. The van der Waals surface area contributed by atoms with Crippen LogP contribution in [0, 0.1) is 10.1 Å². The highest BCUT2D eigenvalue weighted by molar-refractivity contribution is 9.11. The molecule has 2 aromatic rings. The molecular weight excluding hydrogens is 442 g/mol. The highest BCUT2D eigenvalue weighted by atomic mass is 79.9. The van der Waals surface area contributed by atoms with Crippen LogP contribution in [-0.2, 0) is 4.79 Å². The first-order chi connectivity index (χ1) is 11.5. The van der Waals surface area contributed by atoms with Crippen LogP contribution in [0.1, 0.15) is 11.1 Å². The largest absolute Gasteiger partial charge is 0.422 e. The average molecular weight is 453 g/mol. The minimum atomic E-state index is -0.588. The van der Waals surface area contributed by atoms with Crippen molar-refractivity contribution in [2.24, 2.45) is 0 Å². The number of esters is 1. The van der Waals surface area contributed by atoms with Gasteiger partial charge in [0.1, 0.15) is 0 Å². The Labute approximate surface area is 155 Å². The average Bonchev–Trinajstić information content (AvgIpc) is 2.54. The molecule has 0 atom stereocenters. The number of benzene rings is 2. The second kappa shape index (κ2) is 8.56. The Kier molecular flexibility index (Phi) is 6.45. The number of rotatable bonds is 5. The van der Waals surface area contributed by atoms with Crippen LogP contribution in [0.5, 0.6) is 5.75 Å². The lowest BCUT2D eigenvalue weighted by Crippen LogP contribution is -2.05. The molecule has 0 aliphatic rings. The number of hydrogen-bond acceptors (Lipinski definition) is 4. The molecule has 0 aliphatic heterocycles. The van der Waals surface area contributed by atoms with Crippen molar-refractivity contribution in [3.05, 3.63) is 84.9 Å². The summed E-state index contributed by atoms with van der Waals surface area (Å²) in [7, 11) is 0. The zero-order valence-electron chi connectivity index (χ0n) is 12.2. The zero-order valence-corrected chi connectivity index (χ0v) is 15.4. The number of hydrogen-bond donors (Lipinski definition) is 0. The number of ether oxygens (including phenoxy) is 1. The first kappa shape index (κ1) is 18.1. The molecule has 0 saturated heterocycles. The van der Waals surface area contributed by atoms with Gasteiger partial charge in [0.15, 0.2) is 5.75 Å². The maximum atomic E-state index is 12.0. The van der Waals surface area contributed by atoms with Crippen molar-refractivity contribution >= 4 is 50.0 Å². The van der Waals surface area contributed by atoms with Crippen LogP contribution in [0.2, 0.25) is 0 Å². The van der Waals surface area contributed by atoms with Gasteiger partial charge in [0.2, 0.25) is 6.20 Å². The van der Waals surface area contributed by atoms with Crippen LogP contribution >= 0.6 is 31.9 Å².